The summed E-state index contributed by atoms with van der Waals surface area (Å²) in [6, 6.07) is 0.822. The van der Waals surface area contributed by atoms with Gasteiger partial charge in [0.1, 0.15) is 0 Å². The summed E-state index contributed by atoms with van der Waals surface area (Å²) >= 11 is 4.92. The van der Waals surface area contributed by atoms with E-state index in [2.05, 4.69) is 15.5 Å². The summed E-state index contributed by atoms with van der Waals surface area (Å²) in [6.07, 6.45) is 2.71. The molecule has 0 aromatic carbocycles. The van der Waals surface area contributed by atoms with Crippen LogP contribution in [0.5, 0.6) is 0 Å². The van der Waals surface area contributed by atoms with Crippen molar-refractivity contribution in [3.8, 4) is 0 Å². The Morgan fingerprint density at radius 1 is 1.30 bits per heavy atom. The van der Waals surface area contributed by atoms with Crippen molar-refractivity contribution in [2.45, 2.75) is 18.9 Å². The van der Waals surface area contributed by atoms with E-state index in [1.165, 1.54) is 12.8 Å². The molecular formula is C6H11N3S. The minimum atomic E-state index is 0.789. The second-order valence-corrected chi connectivity index (χ2v) is 3.23. The fourth-order valence-corrected chi connectivity index (χ4v) is 1.29. The Kier molecular flexibility index (Phi) is 1.50. The Morgan fingerprint density at radius 2 is 1.90 bits per heavy atom. The number of nitrogens with zero attached hydrogens (tertiary/aromatic N) is 1. The van der Waals surface area contributed by atoms with Crippen LogP contribution in [0, 0.1) is 0 Å². The molecular weight excluding hydrogens is 146 g/mol. The molecule has 0 spiro atoms. The highest BCUT2D eigenvalue weighted by molar-refractivity contribution is 7.80. The van der Waals surface area contributed by atoms with E-state index in [1.807, 2.05) is 0 Å². The van der Waals surface area contributed by atoms with Crippen molar-refractivity contribution < 1.29 is 0 Å². The van der Waals surface area contributed by atoms with Crippen molar-refractivity contribution in [3.63, 3.8) is 0 Å². The summed E-state index contributed by atoms with van der Waals surface area (Å²) in [6.45, 7) is 1.85. The lowest BCUT2D eigenvalue weighted by Gasteiger charge is -2.29. The Labute approximate surface area is 65.8 Å². The zero-order chi connectivity index (χ0) is 6.97. The third-order valence-electron chi connectivity index (χ3n) is 1.95. The number of hydrogen-bond acceptors (Lipinski definition) is 2. The van der Waals surface area contributed by atoms with Crippen molar-refractivity contribution in [1.82, 2.24) is 15.5 Å². The topological polar surface area (TPSA) is 27.3 Å². The standard InChI is InChI=1S/C6H11N3S/c10-6-7-3-9(4-8-6)5-1-2-5/h5H,1-4H2,(H2,7,8,10). The predicted molar refractivity (Wildman–Crippen MR) is 43.5 cm³/mol. The maximum absolute atomic E-state index is 4.92. The zero-order valence-electron chi connectivity index (χ0n) is 5.76. The molecule has 2 fully saturated rings. The van der Waals surface area contributed by atoms with Crippen molar-refractivity contribution in [2.75, 3.05) is 13.3 Å². The van der Waals surface area contributed by atoms with Crippen LogP contribution in [0.4, 0.5) is 0 Å². The smallest absolute Gasteiger partial charge is 0.168 e. The molecule has 1 aliphatic carbocycles. The van der Waals surface area contributed by atoms with Crippen LogP contribution in [0.25, 0.3) is 0 Å². The monoisotopic (exact) mass is 157 g/mol. The van der Waals surface area contributed by atoms with Gasteiger partial charge in [0, 0.05) is 6.04 Å². The maximum Gasteiger partial charge on any atom is 0.168 e. The minimum Gasteiger partial charge on any atom is -0.350 e. The molecule has 0 radical (unpaired) electrons. The number of rotatable bonds is 1. The van der Waals surface area contributed by atoms with Gasteiger partial charge in [0.15, 0.2) is 5.11 Å². The summed E-state index contributed by atoms with van der Waals surface area (Å²) in [5.41, 5.74) is 0. The molecule has 0 aromatic rings. The van der Waals surface area contributed by atoms with Gasteiger partial charge in [-0.1, -0.05) is 0 Å². The van der Waals surface area contributed by atoms with E-state index in [0.717, 1.165) is 24.5 Å². The van der Waals surface area contributed by atoms with Crippen molar-refractivity contribution >= 4 is 17.3 Å². The van der Waals surface area contributed by atoms with Crippen LogP contribution in [-0.4, -0.2) is 29.4 Å². The molecule has 0 unspecified atom stereocenters. The first kappa shape index (κ1) is 6.37. The lowest BCUT2D eigenvalue weighted by Crippen LogP contribution is -2.54. The van der Waals surface area contributed by atoms with Gasteiger partial charge in [0.2, 0.25) is 0 Å². The lowest BCUT2D eigenvalue weighted by molar-refractivity contribution is 0.234. The molecule has 1 saturated carbocycles. The first-order valence-electron chi connectivity index (χ1n) is 3.62. The van der Waals surface area contributed by atoms with E-state index in [9.17, 15) is 0 Å². The minimum absolute atomic E-state index is 0.789. The highest BCUT2D eigenvalue weighted by Gasteiger charge is 2.30. The third kappa shape index (κ3) is 1.22. The van der Waals surface area contributed by atoms with E-state index in [1.54, 1.807) is 0 Å². The molecule has 0 amide bonds. The van der Waals surface area contributed by atoms with Crippen LogP contribution in [0.1, 0.15) is 12.8 Å². The van der Waals surface area contributed by atoms with E-state index in [0.29, 0.717) is 0 Å². The molecule has 0 bridgehead atoms. The SMILES string of the molecule is S=C1NCN(C2CC2)CN1. The van der Waals surface area contributed by atoms with Gasteiger partial charge in [-0.25, -0.2) is 0 Å². The van der Waals surface area contributed by atoms with Gasteiger partial charge in [-0.3, -0.25) is 4.90 Å². The summed E-state index contributed by atoms with van der Waals surface area (Å²) in [7, 11) is 0. The second-order valence-electron chi connectivity index (χ2n) is 2.82. The molecule has 1 heterocycles. The van der Waals surface area contributed by atoms with Crippen molar-refractivity contribution in [2.24, 2.45) is 0 Å². The first-order chi connectivity index (χ1) is 4.86. The van der Waals surface area contributed by atoms with Crippen LogP contribution in [-0.2, 0) is 0 Å². The van der Waals surface area contributed by atoms with Crippen LogP contribution >= 0.6 is 12.2 Å². The summed E-state index contributed by atoms with van der Waals surface area (Å²) in [4.78, 5) is 2.37. The fourth-order valence-electron chi connectivity index (χ4n) is 1.16. The highest BCUT2D eigenvalue weighted by Crippen LogP contribution is 2.25. The molecule has 10 heavy (non-hydrogen) atoms. The molecule has 1 aliphatic heterocycles. The Morgan fingerprint density at radius 3 is 2.40 bits per heavy atom. The zero-order valence-corrected chi connectivity index (χ0v) is 6.58. The van der Waals surface area contributed by atoms with E-state index in [4.69, 9.17) is 12.2 Å². The molecule has 1 saturated heterocycles. The largest absolute Gasteiger partial charge is 0.350 e. The van der Waals surface area contributed by atoms with Gasteiger partial charge in [-0.15, -0.1) is 0 Å². The summed E-state index contributed by atoms with van der Waals surface area (Å²) in [5, 5.41) is 6.99. The average molecular weight is 157 g/mol. The van der Waals surface area contributed by atoms with E-state index >= 15 is 0 Å². The van der Waals surface area contributed by atoms with Crippen molar-refractivity contribution in [3.05, 3.63) is 0 Å². The van der Waals surface area contributed by atoms with Gasteiger partial charge >= 0.3 is 0 Å². The molecule has 56 valence electrons. The molecule has 0 atom stereocenters. The molecule has 4 heteroatoms. The molecule has 0 aromatic heterocycles. The van der Waals surface area contributed by atoms with Gasteiger partial charge in [0.25, 0.3) is 0 Å². The maximum atomic E-state index is 4.92. The van der Waals surface area contributed by atoms with E-state index < -0.39 is 0 Å². The lowest BCUT2D eigenvalue weighted by atomic mass is 10.5. The molecule has 3 nitrogen and oxygen atoms in total. The van der Waals surface area contributed by atoms with Crippen LogP contribution in [0.2, 0.25) is 0 Å². The Balaban J connectivity index is 1.84. The predicted octanol–water partition coefficient (Wildman–Crippen LogP) is -0.157. The number of hydrogen-bond donors (Lipinski definition) is 2. The fraction of sp³-hybridized carbons (Fsp3) is 0.833. The van der Waals surface area contributed by atoms with Crippen molar-refractivity contribution in [1.29, 1.82) is 0 Å². The summed E-state index contributed by atoms with van der Waals surface area (Å²) < 4.78 is 0. The quantitative estimate of drug-likeness (QED) is 0.517. The number of nitrogens with one attached hydrogen (secondary N) is 2. The Hall–Kier alpha value is -0.350. The van der Waals surface area contributed by atoms with Gasteiger partial charge < -0.3 is 10.6 Å². The van der Waals surface area contributed by atoms with Gasteiger partial charge in [-0.2, -0.15) is 0 Å². The molecule has 2 aliphatic rings. The first-order valence-corrected chi connectivity index (χ1v) is 4.03. The van der Waals surface area contributed by atoms with E-state index in [-0.39, 0.29) is 0 Å². The number of thiocarbonyl (C=S) groups is 1. The van der Waals surface area contributed by atoms with Crippen LogP contribution < -0.4 is 10.6 Å². The molecule has 2 rings (SSSR count). The summed E-state index contributed by atoms with van der Waals surface area (Å²) in [5.74, 6) is 0. The van der Waals surface area contributed by atoms with Crippen LogP contribution in [0.3, 0.4) is 0 Å². The van der Waals surface area contributed by atoms with Gasteiger partial charge in [0.05, 0.1) is 13.3 Å². The molecule has 2 N–H and O–H groups in total. The second kappa shape index (κ2) is 2.36. The average Bonchev–Trinajstić information content (AvgIpc) is 2.71. The third-order valence-corrected chi connectivity index (χ3v) is 2.24. The van der Waals surface area contributed by atoms with Crippen LogP contribution in [0.15, 0.2) is 0 Å². The normalized spacial score (nSPS) is 27.4. The van der Waals surface area contributed by atoms with Gasteiger partial charge in [-0.05, 0) is 25.1 Å². The highest BCUT2D eigenvalue weighted by atomic mass is 32.1. The Bertz CT molecular complexity index is 145.